The van der Waals surface area contributed by atoms with Crippen LogP contribution in [0, 0.1) is 0 Å². The van der Waals surface area contributed by atoms with Gasteiger partial charge in [0.25, 0.3) is 0 Å². The lowest BCUT2D eigenvalue weighted by Gasteiger charge is -2.35. The van der Waals surface area contributed by atoms with E-state index in [0.717, 1.165) is 19.3 Å². The molecule has 0 aliphatic carbocycles. The molecule has 1 aliphatic heterocycles. The number of carbonyl (C=O) groups excluding carboxylic acids is 2. The number of amides is 1. The van der Waals surface area contributed by atoms with E-state index in [1.165, 1.54) is 18.7 Å². The highest BCUT2D eigenvalue weighted by Gasteiger charge is 2.31. The minimum Gasteiger partial charge on any atom is -0.444 e. The quantitative estimate of drug-likeness (QED) is 0.726. The molecular formula is C12H21NO3S. The summed E-state index contributed by atoms with van der Waals surface area (Å²) in [4.78, 5) is 24.8. The van der Waals surface area contributed by atoms with Gasteiger partial charge in [-0.25, -0.2) is 4.79 Å². The second-order valence-electron chi connectivity index (χ2n) is 5.23. The van der Waals surface area contributed by atoms with Crippen molar-refractivity contribution in [2.75, 3.05) is 6.54 Å². The molecule has 0 radical (unpaired) electrons. The molecular weight excluding hydrogens is 238 g/mol. The van der Waals surface area contributed by atoms with Crippen LogP contribution in [-0.2, 0) is 9.53 Å². The second kappa shape index (κ2) is 5.76. The fourth-order valence-electron chi connectivity index (χ4n) is 1.74. The van der Waals surface area contributed by atoms with Crippen LogP contribution in [0.25, 0.3) is 0 Å². The third-order valence-electron chi connectivity index (χ3n) is 2.38. The van der Waals surface area contributed by atoms with Gasteiger partial charge in [0.15, 0.2) is 5.12 Å². The Morgan fingerprint density at radius 1 is 1.29 bits per heavy atom. The van der Waals surface area contributed by atoms with Gasteiger partial charge < -0.3 is 4.74 Å². The third-order valence-corrected chi connectivity index (χ3v) is 3.47. The van der Waals surface area contributed by atoms with Crippen molar-refractivity contribution in [3.63, 3.8) is 0 Å². The molecule has 1 fully saturated rings. The van der Waals surface area contributed by atoms with Crippen molar-refractivity contribution < 1.29 is 14.3 Å². The Balaban J connectivity index is 2.64. The van der Waals surface area contributed by atoms with Crippen molar-refractivity contribution in [1.82, 2.24) is 4.90 Å². The Morgan fingerprint density at radius 2 is 1.94 bits per heavy atom. The molecule has 5 heteroatoms. The Bertz CT molecular complexity index is 299. The second-order valence-corrected chi connectivity index (χ2v) is 6.59. The standard InChI is InChI=1S/C12H21NO3S/c1-9(14)17-10-7-5-6-8-13(10)11(15)16-12(2,3)4/h10H,5-8H2,1-4H3. The molecule has 0 aromatic carbocycles. The summed E-state index contributed by atoms with van der Waals surface area (Å²) in [6, 6.07) is 0. The molecule has 0 aromatic heterocycles. The SMILES string of the molecule is CC(=O)SC1CCCCN1C(=O)OC(C)(C)C. The maximum Gasteiger partial charge on any atom is 0.411 e. The van der Waals surface area contributed by atoms with E-state index in [2.05, 4.69) is 0 Å². The highest BCUT2D eigenvalue weighted by molar-refractivity contribution is 8.14. The van der Waals surface area contributed by atoms with Gasteiger partial charge in [0.1, 0.15) is 5.60 Å². The molecule has 4 nitrogen and oxygen atoms in total. The Hall–Kier alpha value is -0.710. The number of carbonyl (C=O) groups is 2. The zero-order valence-electron chi connectivity index (χ0n) is 11.0. The predicted molar refractivity (Wildman–Crippen MR) is 68.9 cm³/mol. The van der Waals surface area contributed by atoms with Gasteiger partial charge in [-0.2, -0.15) is 0 Å². The maximum absolute atomic E-state index is 12.0. The van der Waals surface area contributed by atoms with E-state index >= 15 is 0 Å². The molecule has 1 aliphatic rings. The van der Waals surface area contributed by atoms with E-state index in [1.54, 1.807) is 4.90 Å². The van der Waals surface area contributed by atoms with Crippen LogP contribution in [0.15, 0.2) is 0 Å². The minimum absolute atomic E-state index is 0.0467. The van der Waals surface area contributed by atoms with Gasteiger partial charge in [0.2, 0.25) is 0 Å². The Morgan fingerprint density at radius 3 is 2.47 bits per heavy atom. The van der Waals surface area contributed by atoms with Gasteiger partial charge >= 0.3 is 6.09 Å². The number of piperidine rings is 1. The van der Waals surface area contributed by atoms with E-state index in [1.807, 2.05) is 20.8 Å². The van der Waals surface area contributed by atoms with Crippen LogP contribution in [0.5, 0.6) is 0 Å². The van der Waals surface area contributed by atoms with Crippen LogP contribution in [0.1, 0.15) is 47.0 Å². The van der Waals surface area contributed by atoms with Crippen molar-refractivity contribution in [2.24, 2.45) is 0 Å². The maximum atomic E-state index is 12.0. The van der Waals surface area contributed by atoms with E-state index < -0.39 is 5.60 Å². The predicted octanol–water partition coefficient (Wildman–Crippen LogP) is 3.01. The average Bonchev–Trinajstić information content (AvgIpc) is 2.14. The number of nitrogens with zero attached hydrogens (tertiary/aromatic N) is 1. The van der Waals surface area contributed by atoms with E-state index in [9.17, 15) is 9.59 Å². The number of hydrogen-bond donors (Lipinski definition) is 0. The molecule has 1 amide bonds. The van der Waals surface area contributed by atoms with Crippen molar-refractivity contribution in [3.05, 3.63) is 0 Å². The van der Waals surface area contributed by atoms with E-state index in [-0.39, 0.29) is 16.6 Å². The summed E-state index contributed by atoms with van der Waals surface area (Å²) in [6.07, 6.45) is 2.60. The summed E-state index contributed by atoms with van der Waals surface area (Å²) in [5.41, 5.74) is -0.486. The van der Waals surface area contributed by atoms with Crippen LogP contribution in [0.2, 0.25) is 0 Å². The topological polar surface area (TPSA) is 46.6 Å². The summed E-state index contributed by atoms with van der Waals surface area (Å²) in [5, 5.41) is -0.0124. The summed E-state index contributed by atoms with van der Waals surface area (Å²) >= 11 is 1.22. The first-order valence-electron chi connectivity index (χ1n) is 5.96. The molecule has 0 bridgehead atoms. The van der Waals surface area contributed by atoms with Crippen LogP contribution < -0.4 is 0 Å². The lowest BCUT2D eigenvalue weighted by Crippen LogP contribution is -2.45. The third kappa shape index (κ3) is 4.98. The molecule has 1 atom stereocenters. The van der Waals surface area contributed by atoms with Crippen molar-refractivity contribution in [2.45, 2.75) is 57.9 Å². The molecule has 0 saturated carbocycles. The molecule has 0 aromatic rings. The molecule has 1 heterocycles. The Kier molecular flexibility index (Phi) is 4.86. The number of thioether (sulfide) groups is 1. The molecule has 1 rings (SSSR count). The lowest BCUT2D eigenvalue weighted by atomic mass is 10.1. The largest absolute Gasteiger partial charge is 0.444 e. The van der Waals surface area contributed by atoms with Gasteiger partial charge in [0.05, 0.1) is 5.37 Å². The summed E-state index contributed by atoms with van der Waals surface area (Å²) in [7, 11) is 0. The average molecular weight is 259 g/mol. The first kappa shape index (κ1) is 14.4. The number of ether oxygens (including phenoxy) is 1. The van der Waals surface area contributed by atoms with Gasteiger partial charge in [-0.05, 0) is 40.0 Å². The zero-order chi connectivity index (χ0) is 13.1. The van der Waals surface area contributed by atoms with Crippen molar-refractivity contribution in [3.8, 4) is 0 Å². The Labute approximate surface area is 107 Å². The van der Waals surface area contributed by atoms with Crippen LogP contribution in [-0.4, -0.2) is 33.6 Å². The van der Waals surface area contributed by atoms with Gasteiger partial charge in [-0.3, -0.25) is 9.69 Å². The number of likely N-dealkylation sites (tertiary alicyclic amines) is 1. The van der Waals surface area contributed by atoms with Gasteiger partial charge in [-0.1, -0.05) is 11.8 Å². The smallest absolute Gasteiger partial charge is 0.411 e. The van der Waals surface area contributed by atoms with Crippen LogP contribution in [0.4, 0.5) is 4.79 Å². The monoisotopic (exact) mass is 259 g/mol. The van der Waals surface area contributed by atoms with Gasteiger partial charge in [0, 0.05) is 13.5 Å². The summed E-state index contributed by atoms with van der Waals surface area (Å²) in [5.74, 6) is 0. The minimum atomic E-state index is -0.486. The summed E-state index contributed by atoms with van der Waals surface area (Å²) < 4.78 is 5.35. The van der Waals surface area contributed by atoms with Crippen LogP contribution >= 0.6 is 11.8 Å². The van der Waals surface area contributed by atoms with E-state index in [4.69, 9.17) is 4.74 Å². The molecule has 17 heavy (non-hydrogen) atoms. The first-order chi connectivity index (χ1) is 7.79. The highest BCUT2D eigenvalue weighted by atomic mass is 32.2. The molecule has 0 spiro atoms. The fourth-order valence-corrected chi connectivity index (χ4v) is 2.73. The molecule has 98 valence electrons. The van der Waals surface area contributed by atoms with E-state index in [0.29, 0.717) is 6.54 Å². The number of rotatable bonds is 1. The molecule has 0 N–H and O–H groups in total. The zero-order valence-corrected chi connectivity index (χ0v) is 11.8. The lowest BCUT2D eigenvalue weighted by molar-refractivity contribution is -0.109. The fraction of sp³-hybridized carbons (Fsp3) is 0.833. The summed E-state index contributed by atoms with van der Waals surface area (Å²) in [6.45, 7) is 7.76. The highest BCUT2D eigenvalue weighted by Crippen LogP contribution is 2.28. The van der Waals surface area contributed by atoms with Crippen molar-refractivity contribution >= 4 is 23.0 Å². The van der Waals surface area contributed by atoms with Gasteiger partial charge in [-0.15, -0.1) is 0 Å². The van der Waals surface area contributed by atoms with Crippen molar-refractivity contribution in [1.29, 1.82) is 0 Å². The normalized spacial score (nSPS) is 21.2. The first-order valence-corrected chi connectivity index (χ1v) is 6.84. The molecule has 1 unspecified atom stereocenters. The van der Waals surface area contributed by atoms with Crippen LogP contribution in [0.3, 0.4) is 0 Å². The molecule has 1 saturated heterocycles. The number of hydrogen-bond acceptors (Lipinski definition) is 4.